The third-order valence-electron chi connectivity index (χ3n) is 0. The van der Waals surface area contributed by atoms with Gasteiger partial charge in [0, 0.05) is 0 Å². The summed E-state index contributed by atoms with van der Waals surface area (Å²) in [6.07, 6.45) is 0. The molecule has 1 radical (unpaired) electrons. The molecule has 0 atom stereocenters. The Morgan fingerprint density at radius 2 is 0.800 bits per heavy atom. The monoisotopic (exact) mass is 113 g/mol. The van der Waals surface area contributed by atoms with E-state index in [1.54, 1.807) is 13.8 Å². The molecule has 0 bridgehead atoms. The zero-order valence-electron chi connectivity index (χ0n) is 3.79. The SMILES string of the molecule is [CH2-]C.[CH2-]C.[Mn+2]. The minimum atomic E-state index is 0. The Hall–Kier alpha value is 0.519. The summed E-state index contributed by atoms with van der Waals surface area (Å²) in [6.45, 7) is 10.0. The standard InChI is InChI=1S/2C2H5.Mn/c2*1-2;/h2*1H2,2H3;/q2*-1;+2. The van der Waals surface area contributed by atoms with Gasteiger partial charge in [0.25, 0.3) is 0 Å². The largest absolute Gasteiger partial charge is 2.00 e. The van der Waals surface area contributed by atoms with E-state index in [0.717, 1.165) is 0 Å². The molecule has 0 rings (SSSR count). The average Bonchev–Trinajstić information content (AvgIpc) is 1.50. The van der Waals surface area contributed by atoms with Crippen molar-refractivity contribution >= 4 is 0 Å². The van der Waals surface area contributed by atoms with E-state index < -0.39 is 0 Å². The summed E-state index contributed by atoms with van der Waals surface area (Å²) in [5.41, 5.74) is 0. The van der Waals surface area contributed by atoms with Crippen molar-refractivity contribution in [2.75, 3.05) is 0 Å². The zero-order chi connectivity index (χ0) is 4.00. The van der Waals surface area contributed by atoms with Crippen LogP contribution in [0.2, 0.25) is 0 Å². The predicted molar refractivity (Wildman–Crippen MR) is 22.1 cm³/mol. The Labute approximate surface area is 45.4 Å². The molecule has 0 aliphatic carbocycles. The van der Waals surface area contributed by atoms with Crippen molar-refractivity contribution < 1.29 is 17.1 Å². The van der Waals surface area contributed by atoms with Gasteiger partial charge < -0.3 is 13.8 Å². The second-order valence-electron chi connectivity index (χ2n) is 0. The molecule has 1 heteroatoms. The van der Waals surface area contributed by atoms with Crippen LogP contribution in [0.25, 0.3) is 0 Å². The van der Waals surface area contributed by atoms with Crippen molar-refractivity contribution in [2.24, 2.45) is 0 Å². The summed E-state index contributed by atoms with van der Waals surface area (Å²) < 4.78 is 0. The van der Waals surface area contributed by atoms with Crippen molar-refractivity contribution in [3.8, 4) is 0 Å². The third-order valence-corrected chi connectivity index (χ3v) is 0. The minimum Gasteiger partial charge on any atom is -0.346 e. The fourth-order valence-corrected chi connectivity index (χ4v) is 0. The molecular weight excluding hydrogens is 103 g/mol. The first-order valence-corrected chi connectivity index (χ1v) is 1.41. The Balaban J connectivity index is -0.0000000133. The third kappa shape index (κ3) is 106. The second-order valence-corrected chi connectivity index (χ2v) is 0. The van der Waals surface area contributed by atoms with Gasteiger partial charge in [0.2, 0.25) is 0 Å². The molecule has 33 valence electrons. The molecule has 0 aromatic carbocycles. The Morgan fingerprint density at radius 1 is 0.800 bits per heavy atom. The molecule has 0 heterocycles. The molecule has 0 amide bonds. The van der Waals surface area contributed by atoms with E-state index in [4.69, 9.17) is 0 Å². The first-order valence-electron chi connectivity index (χ1n) is 1.41. The van der Waals surface area contributed by atoms with Gasteiger partial charge >= 0.3 is 17.1 Å². The summed E-state index contributed by atoms with van der Waals surface area (Å²) in [4.78, 5) is 0. The molecule has 0 saturated carbocycles. The van der Waals surface area contributed by atoms with Crippen LogP contribution in [0, 0.1) is 13.8 Å². The molecule has 0 spiro atoms. The van der Waals surface area contributed by atoms with Crippen LogP contribution in [0.4, 0.5) is 0 Å². The fourth-order valence-electron chi connectivity index (χ4n) is 0. The van der Waals surface area contributed by atoms with Crippen molar-refractivity contribution in [1.29, 1.82) is 0 Å². The molecule has 0 aliphatic heterocycles. The maximum Gasteiger partial charge on any atom is 2.00 e. The van der Waals surface area contributed by atoms with Crippen LogP contribution in [0.3, 0.4) is 0 Å². The minimum absolute atomic E-state index is 0. The summed E-state index contributed by atoms with van der Waals surface area (Å²) in [5, 5.41) is 0. The molecule has 0 N–H and O–H groups in total. The summed E-state index contributed by atoms with van der Waals surface area (Å²) in [5.74, 6) is 0. The second kappa shape index (κ2) is 207. The smallest absolute Gasteiger partial charge is 0.346 e. The predicted octanol–water partition coefficient (Wildman–Crippen LogP) is 1.68. The summed E-state index contributed by atoms with van der Waals surface area (Å²) >= 11 is 0. The maximum atomic E-state index is 3.25. The van der Waals surface area contributed by atoms with Crippen molar-refractivity contribution in [2.45, 2.75) is 13.8 Å². The van der Waals surface area contributed by atoms with Gasteiger partial charge in [0.05, 0.1) is 0 Å². The first-order chi connectivity index (χ1) is 2.00. The van der Waals surface area contributed by atoms with Crippen LogP contribution >= 0.6 is 0 Å². The molecule has 0 nitrogen and oxygen atoms in total. The maximum absolute atomic E-state index is 3.25. The molecule has 0 unspecified atom stereocenters. The summed E-state index contributed by atoms with van der Waals surface area (Å²) in [6, 6.07) is 0. The molecular formula is C4H10Mn. The van der Waals surface area contributed by atoms with Gasteiger partial charge in [0.1, 0.15) is 0 Å². The Kier molecular flexibility index (Phi) is 737. The normalized spacial score (nSPS) is 2.40. The van der Waals surface area contributed by atoms with Gasteiger partial charge in [-0.1, -0.05) is 0 Å². The zero-order valence-corrected chi connectivity index (χ0v) is 4.97. The van der Waals surface area contributed by atoms with Gasteiger partial charge in [-0.2, -0.15) is 13.8 Å². The Morgan fingerprint density at radius 3 is 0.800 bits per heavy atom. The number of hydrogen-bond donors (Lipinski definition) is 0. The van der Waals surface area contributed by atoms with Crippen LogP contribution in [-0.4, -0.2) is 0 Å². The van der Waals surface area contributed by atoms with Gasteiger partial charge in [-0.25, -0.2) is 0 Å². The van der Waals surface area contributed by atoms with Gasteiger partial charge in [-0.15, -0.1) is 0 Å². The van der Waals surface area contributed by atoms with E-state index in [0.29, 0.717) is 0 Å². The first kappa shape index (κ1) is 17.8. The Bertz CT molecular complexity index is 3.61. The van der Waals surface area contributed by atoms with Crippen molar-refractivity contribution in [1.82, 2.24) is 0 Å². The van der Waals surface area contributed by atoms with E-state index in [9.17, 15) is 0 Å². The molecule has 0 saturated heterocycles. The molecule has 0 aromatic heterocycles. The van der Waals surface area contributed by atoms with Gasteiger partial charge in [0.15, 0.2) is 0 Å². The van der Waals surface area contributed by atoms with Crippen LogP contribution in [0.5, 0.6) is 0 Å². The molecule has 5 heavy (non-hydrogen) atoms. The average molecular weight is 113 g/mol. The van der Waals surface area contributed by atoms with Crippen LogP contribution in [0.1, 0.15) is 13.8 Å². The van der Waals surface area contributed by atoms with Crippen molar-refractivity contribution in [3.05, 3.63) is 13.8 Å². The van der Waals surface area contributed by atoms with E-state index >= 15 is 0 Å². The summed E-state index contributed by atoms with van der Waals surface area (Å²) in [7, 11) is 0. The van der Waals surface area contributed by atoms with E-state index in [-0.39, 0.29) is 17.1 Å². The van der Waals surface area contributed by atoms with E-state index in [1.807, 2.05) is 0 Å². The van der Waals surface area contributed by atoms with E-state index in [1.165, 1.54) is 0 Å². The molecule has 0 aliphatic rings. The van der Waals surface area contributed by atoms with Crippen molar-refractivity contribution in [3.63, 3.8) is 0 Å². The quantitative estimate of drug-likeness (QED) is 0.331. The van der Waals surface area contributed by atoms with E-state index in [2.05, 4.69) is 13.8 Å². The van der Waals surface area contributed by atoms with Gasteiger partial charge in [-0.3, -0.25) is 0 Å². The van der Waals surface area contributed by atoms with Crippen LogP contribution in [-0.2, 0) is 17.1 Å². The van der Waals surface area contributed by atoms with Crippen LogP contribution in [0.15, 0.2) is 0 Å². The van der Waals surface area contributed by atoms with Crippen LogP contribution < -0.4 is 0 Å². The molecule has 0 aromatic rings. The molecule has 0 fully saturated rings. The fraction of sp³-hybridized carbons (Fsp3) is 0.500. The van der Waals surface area contributed by atoms with Gasteiger partial charge in [-0.05, 0) is 0 Å². The number of rotatable bonds is 0. The topological polar surface area (TPSA) is 0 Å². The number of hydrogen-bond acceptors (Lipinski definition) is 0.